The van der Waals surface area contributed by atoms with E-state index in [0.717, 1.165) is 49.7 Å². The lowest BCUT2D eigenvalue weighted by atomic mass is 9.68. The molecule has 271 valence electrons. The van der Waals surface area contributed by atoms with Crippen molar-refractivity contribution in [1.82, 2.24) is 0 Å². The van der Waals surface area contributed by atoms with E-state index in [4.69, 9.17) is 0 Å². The summed E-state index contributed by atoms with van der Waals surface area (Å²) in [5.41, 5.74) is 6.84. The summed E-state index contributed by atoms with van der Waals surface area (Å²) >= 11 is 0. The third-order valence-electron chi connectivity index (χ3n) is 11.8. The molecule has 0 aliphatic heterocycles. The summed E-state index contributed by atoms with van der Waals surface area (Å²) in [5.74, 6) is 2.41. The van der Waals surface area contributed by atoms with Crippen molar-refractivity contribution in [2.24, 2.45) is 0 Å². The smallest absolute Gasteiger partial charge is 0.115 e. The lowest BCUT2D eigenvalue weighted by Crippen LogP contribution is -2.25. The van der Waals surface area contributed by atoms with E-state index in [1.807, 2.05) is 36.4 Å². The Kier molecular flexibility index (Phi) is 14.7. The van der Waals surface area contributed by atoms with Gasteiger partial charge in [0.2, 0.25) is 0 Å². The molecule has 3 aromatic rings. The standard InChI is InChI=1S/C46H69O3/c1-11-15-16-17-18-19-20-21-22-33(37-26-23-34(47)30-41(37)44(5,6)12-2)29-40(38-27-24-35(48)31-42(38)45(7,8)13-3)39-28-25-36(49)32-43(39)46(9,10)14-4/h23-28,30-33,47-49H,11-22,29H2,1-10H3. The highest BCUT2D eigenvalue weighted by molar-refractivity contribution is 5.59. The van der Waals surface area contributed by atoms with Crippen LogP contribution in [-0.2, 0) is 16.2 Å². The summed E-state index contributed by atoms with van der Waals surface area (Å²) in [4.78, 5) is 0. The molecular formula is C46H69O3. The van der Waals surface area contributed by atoms with Gasteiger partial charge in [0.05, 0.1) is 0 Å². The van der Waals surface area contributed by atoms with Gasteiger partial charge in [-0.25, -0.2) is 0 Å². The third kappa shape index (κ3) is 10.5. The SMILES string of the molecule is CCCCCCCCCCC(C[C](c1ccc(O)cc1C(C)(C)CC)c1ccc(O)cc1C(C)(C)CC)c1ccc(O)cc1C(C)(C)CC. The molecule has 1 radical (unpaired) electrons. The van der Waals surface area contributed by atoms with Crippen LogP contribution in [0.15, 0.2) is 54.6 Å². The maximum absolute atomic E-state index is 10.8. The fourth-order valence-electron chi connectivity index (χ4n) is 7.27. The zero-order valence-electron chi connectivity index (χ0n) is 32.8. The number of hydrogen-bond acceptors (Lipinski definition) is 3. The molecule has 3 rings (SSSR count). The lowest BCUT2D eigenvalue weighted by Gasteiger charge is -2.36. The van der Waals surface area contributed by atoms with Crippen LogP contribution in [0.2, 0.25) is 0 Å². The molecule has 0 amide bonds. The number of benzene rings is 3. The van der Waals surface area contributed by atoms with Crippen LogP contribution >= 0.6 is 0 Å². The topological polar surface area (TPSA) is 60.7 Å². The van der Waals surface area contributed by atoms with Crippen LogP contribution in [0.5, 0.6) is 17.2 Å². The van der Waals surface area contributed by atoms with E-state index in [9.17, 15) is 15.3 Å². The van der Waals surface area contributed by atoms with Crippen molar-refractivity contribution in [2.75, 3.05) is 0 Å². The van der Waals surface area contributed by atoms with Crippen LogP contribution in [0.3, 0.4) is 0 Å². The molecular weight excluding hydrogens is 601 g/mol. The van der Waals surface area contributed by atoms with Crippen LogP contribution in [-0.4, -0.2) is 15.3 Å². The number of unbranched alkanes of at least 4 members (excludes halogenated alkanes) is 7. The maximum Gasteiger partial charge on any atom is 0.115 e. The van der Waals surface area contributed by atoms with Crippen molar-refractivity contribution in [2.45, 2.75) is 175 Å². The van der Waals surface area contributed by atoms with Gasteiger partial charge in [-0.3, -0.25) is 0 Å². The van der Waals surface area contributed by atoms with Gasteiger partial charge in [-0.2, -0.15) is 0 Å². The molecule has 3 N–H and O–H groups in total. The fraction of sp³-hybridized carbons (Fsp3) is 0.587. The fourth-order valence-corrected chi connectivity index (χ4v) is 7.27. The van der Waals surface area contributed by atoms with Gasteiger partial charge in [0.15, 0.2) is 0 Å². The van der Waals surface area contributed by atoms with Crippen LogP contribution in [0.25, 0.3) is 0 Å². The highest BCUT2D eigenvalue weighted by Crippen LogP contribution is 2.48. The highest BCUT2D eigenvalue weighted by Gasteiger charge is 2.35. The van der Waals surface area contributed by atoms with Crippen LogP contribution in [0, 0.1) is 5.92 Å². The summed E-state index contributed by atoms with van der Waals surface area (Å²) in [6.07, 6.45) is 15.0. The second-order valence-electron chi connectivity index (χ2n) is 16.6. The molecule has 0 bridgehead atoms. The lowest BCUT2D eigenvalue weighted by molar-refractivity contribution is 0.452. The van der Waals surface area contributed by atoms with Crippen molar-refractivity contribution < 1.29 is 15.3 Å². The molecule has 0 aliphatic carbocycles. The Balaban J connectivity index is 2.25. The van der Waals surface area contributed by atoms with Gasteiger partial charge in [0.25, 0.3) is 0 Å². The Labute approximate surface area is 300 Å². The Bertz CT molecular complexity index is 1400. The van der Waals surface area contributed by atoms with E-state index >= 15 is 0 Å². The van der Waals surface area contributed by atoms with Gasteiger partial charge in [0.1, 0.15) is 17.2 Å². The summed E-state index contributed by atoms with van der Waals surface area (Å²) in [6, 6.07) is 18.0. The van der Waals surface area contributed by atoms with Crippen molar-refractivity contribution in [3.8, 4) is 17.2 Å². The Morgan fingerprint density at radius 2 is 0.898 bits per heavy atom. The molecule has 3 nitrogen and oxygen atoms in total. The summed E-state index contributed by atoms with van der Waals surface area (Å²) in [6.45, 7) is 22.7. The highest BCUT2D eigenvalue weighted by atomic mass is 16.3. The van der Waals surface area contributed by atoms with E-state index in [0.29, 0.717) is 17.2 Å². The van der Waals surface area contributed by atoms with Gasteiger partial charge in [-0.1, -0.05) is 139 Å². The number of hydrogen-bond donors (Lipinski definition) is 3. The first-order chi connectivity index (χ1) is 23.1. The van der Waals surface area contributed by atoms with Crippen molar-refractivity contribution in [3.63, 3.8) is 0 Å². The van der Waals surface area contributed by atoms with Crippen LogP contribution < -0.4 is 0 Å². The molecule has 0 saturated carbocycles. The first kappa shape index (κ1) is 40.5. The van der Waals surface area contributed by atoms with Gasteiger partial charge < -0.3 is 15.3 Å². The molecule has 0 spiro atoms. The molecule has 0 heterocycles. The number of phenolic OH excluding ortho intramolecular Hbond substituents is 3. The minimum Gasteiger partial charge on any atom is -0.508 e. The minimum atomic E-state index is -0.155. The van der Waals surface area contributed by atoms with Crippen molar-refractivity contribution in [3.05, 3.63) is 93.9 Å². The molecule has 0 saturated heterocycles. The first-order valence-corrected chi connectivity index (χ1v) is 19.5. The van der Waals surface area contributed by atoms with Gasteiger partial charge in [-0.15, -0.1) is 0 Å². The molecule has 49 heavy (non-hydrogen) atoms. The van der Waals surface area contributed by atoms with Gasteiger partial charge >= 0.3 is 0 Å². The second-order valence-corrected chi connectivity index (χ2v) is 16.6. The first-order valence-electron chi connectivity index (χ1n) is 19.5. The monoisotopic (exact) mass is 670 g/mol. The molecule has 1 unspecified atom stereocenters. The quantitative estimate of drug-likeness (QED) is 0.105. The van der Waals surface area contributed by atoms with Crippen molar-refractivity contribution in [1.29, 1.82) is 0 Å². The Morgan fingerprint density at radius 1 is 0.510 bits per heavy atom. The minimum absolute atomic E-state index is 0.0897. The van der Waals surface area contributed by atoms with E-state index in [-0.39, 0.29) is 22.2 Å². The number of rotatable bonds is 20. The Hall–Kier alpha value is -2.94. The third-order valence-corrected chi connectivity index (χ3v) is 11.8. The van der Waals surface area contributed by atoms with E-state index in [1.54, 1.807) is 0 Å². The van der Waals surface area contributed by atoms with Crippen LogP contribution in [0.1, 0.15) is 192 Å². The predicted octanol–water partition coefficient (Wildman–Crippen LogP) is 13.5. The summed E-state index contributed by atoms with van der Waals surface area (Å²) in [7, 11) is 0. The zero-order valence-corrected chi connectivity index (χ0v) is 32.8. The summed E-state index contributed by atoms with van der Waals surface area (Å²) in [5, 5.41) is 32.4. The average molecular weight is 670 g/mol. The van der Waals surface area contributed by atoms with E-state index < -0.39 is 0 Å². The number of phenols is 3. The second kappa shape index (κ2) is 17.8. The predicted molar refractivity (Wildman–Crippen MR) is 210 cm³/mol. The van der Waals surface area contributed by atoms with Crippen molar-refractivity contribution >= 4 is 0 Å². The maximum atomic E-state index is 10.8. The zero-order chi connectivity index (χ0) is 36.4. The van der Waals surface area contributed by atoms with E-state index in [1.165, 1.54) is 73.1 Å². The normalized spacial score (nSPS) is 13.3. The molecule has 0 aliphatic rings. The summed E-state index contributed by atoms with van der Waals surface area (Å²) < 4.78 is 0. The molecule has 3 heteroatoms. The van der Waals surface area contributed by atoms with Gasteiger partial charge in [0, 0.05) is 5.92 Å². The molecule has 3 aromatic carbocycles. The van der Waals surface area contributed by atoms with Crippen LogP contribution in [0.4, 0.5) is 0 Å². The Morgan fingerprint density at radius 3 is 1.35 bits per heavy atom. The molecule has 1 atom stereocenters. The number of aromatic hydroxyl groups is 3. The van der Waals surface area contributed by atoms with Gasteiger partial charge in [-0.05, 0) is 124 Å². The largest absolute Gasteiger partial charge is 0.508 e. The molecule has 0 fully saturated rings. The average Bonchev–Trinajstić information content (AvgIpc) is 3.07. The molecule has 0 aromatic heterocycles. The van der Waals surface area contributed by atoms with E-state index in [2.05, 4.69) is 87.4 Å².